The predicted octanol–water partition coefficient (Wildman–Crippen LogP) is 3.32. The van der Waals surface area contributed by atoms with Crippen molar-refractivity contribution in [3.05, 3.63) is 64.0 Å². The molecular formula is C23H26N2O5S2. The standard InChI is InChI=1S/C23H26N2O5S2/c1-16-12-17(2)22-19(13-16)25(14-21(27)30-3)23(31-22)24-20(26)10-7-11-32(28,29)15-18-8-5-4-6-9-18/h4-6,8-9,12-13H,7,10-11,14-15H2,1-3H3. The summed E-state index contributed by atoms with van der Waals surface area (Å²) in [5, 5.41) is 0. The SMILES string of the molecule is COC(=O)Cn1c(=NC(=O)CCCS(=O)(=O)Cc2ccccc2)sc2c(C)cc(C)cc21. The molecule has 7 nitrogen and oxygen atoms in total. The number of aryl methyl sites for hydroxylation is 2. The topological polar surface area (TPSA) is 94.8 Å². The van der Waals surface area contributed by atoms with E-state index in [1.54, 1.807) is 28.8 Å². The highest BCUT2D eigenvalue weighted by atomic mass is 32.2. The van der Waals surface area contributed by atoms with E-state index in [0.29, 0.717) is 4.80 Å². The monoisotopic (exact) mass is 474 g/mol. The number of aromatic nitrogens is 1. The largest absolute Gasteiger partial charge is 0.468 e. The maximum absolute atomic E-state index is 12.5. The van der Waals surface area contributed by atoms with Gasteiger partial charge in [-0.05, 0) is 43.0 Å². The number of carbonyl (C=O) groups excluding carboxylic acids is 2. The summed E-state index contributed by atoms with van der Waals surface area (Å²) < 4.78 is 32.1. The highest BCUT2D eigenvalue weighted by Gasteiger charge is 2.15. The summed E-state index contributed by atoms with van der Waals surface area (Å²) in [5.74, 6) is -0.993. The van der Waals surface area contributed by atoms with E-state index in [-0.39, 0.29) is 30.9 Å². The van der Waals surface area contributed by atoms with Crippen molar-refractivity contribution in [3.8, 4) is 0 Å². The third kappa shape index (κ3) is 6.14. The Bertz CT molecular complexity index is 1310. The first-order valence-corrected chi connectivity index (χ1v) is 12.8. The molecular weight excluding hydrogens is 448 g/mol. The lowest BCUT2D eigenvalue weighted by Gasteiger charge is -2.05. The van der Waals surface area contributed by atoms with Gasteiger partial charge < -0.3 is 9.30 Å². The molecule has 0 N–H and O–H groups in total. The molecule has 0 saturated heterocycles. The van der Waals surface area contributed by atoms with Crippen LogP contribution in [-0.2, 0) is 36.5 Å². The molecule has 32 heavy (non-hydrogen) atoms. The lowest BCUT2D eigenvalue weighted by atomic mass is 10.1. The Morgan fingerprint density at radius 2 is 1.84 bits per heavy atom. The molecule has 0 saturated carbocycles. The summed E-state index contributed by atoms with van der Waals surface area (Å²) >= 11 is 1.33. The number of methoxy groups -OCH3 is 1. The number of thiazole rings is 1. The molecule has 0 fully saturated rings. The van der Waals surface area contributed by atoms with Crippen molar-refractivity contribution in [1.29, 1.82) is 0 Å². The molecule has 1 heterocycles. The minimum absolute atomic E-state index is 0.0124. The molecule has 170 valence electrons. The number of rotatable bonds is 8. The van der Waals surface area contributed by atoms with Crippen LogP contribution in [0.15, 0.2) is 47.5 Å². The molecule has 0 radical (unpaired) electrons. The lowest BCUT2D eigenvalue weighted by molar-refractivity contribution is -0.141. The summed E-state index contributed by atoms with van der Waals surface area (Å²) in [6, 6.07) is 12.9. The van der Waals surface area contributed by atoms with E-state index in [0.717, 1.165) is 26.9 Å². The first-order chi connectivity index (χ1) is 15.2. The van der Waals surface area contributed by atoms with Gasteiger partial charge in [0.25, 0.3) is 0 Å². The van der Waals surface area contributed by atoms with E-state index in [2.05, 4.69) is 4.99 Å². The number of hydrogen-bond acceptors (Lipinski definition) is 6. The molecule has 1 amide bonds. The van der Waals surface area contributed by atoms with Crippen LogP contribution in [0.2, 0.25) is 0 Å². The van der Waals surface area contributed by atoms with Gasteiger partial charge in [0.2, 0.25) is 5.91 Å². The zero-order valence-electron chi connectivity index (χ0n) is 18.3. The van der Waals surface area contributed by atoms with Crippen LogP contribution < -0.4 is 4.80 Å². The second-order valence-corrected chi connectivity index (χ2v) is 10.8. The molecule has 3 rings (SSSR count). The Morgan fingerprint density at radius 1 is 1.12 bits per heavy atom. The average Bonchev–Trinajstić information content (AvgIpc) is 3.05. The Hall–Kier alpha value is -2.78. The van der Waals surface area contributed by atoms with Crippen LogP contribution in [0.4, 0.5) is 0 Å². The van der Waals surface area contributed by atoms with Crippen LogP contribution in [0.5, 0.6) is 0 Å². The average molecular weight is 475 g/mol. The highest BCUT2D eigenvalue weighted by Crippen LogP contribution is 2.23. The van der Waals surface area contributed by atoms with E-state index in [4.69, 9.17) is 4.74 Å². The van der Waals surface area contributed by atoms with Gasteiger partial charge in [-0.1, -0.05) is 47.7 Å². The van der Waals surface area contributed by atoms with Crippen LogP contribution in [0.25, 0.3) is 10.2 Å². The lowest BCUT2D eigenvalue weighted by Crippen LogP contribution is -2.22. The van der Waals surface area contributed by atoms with Crippen molar-refractivity contribution in [1.82, 2.24) is 4.57 Å². The number of fused-ring (bicyclic) bond motifs is 1. The van der Waals surface area contributed by atoms with Crippen molar-refractivity contribution in [3.63, 3.8) is 0 Å². The van der Waals surface area contributed by atoms with Gasteiger partial charge in [-0.2, -0.15) is 4.99 Å². The molecule has 2 aromatic carbocycles. The second kappa shape index (κ2) is 10.2. The second-order valence-electron chi connectivity index (χ2n) is 7.66. The number of benzene rings is 2. The minimum atomic E-state index is -3.32. The van der Waals surface area contributed by atoms with Crippen molar-refractivity contribution in [2.24, 2.45) is 4.99 Å². The van der Waals surface area contributed by atoms with E-state index >= 15 is 0 Å². The predicted molar refractivity (Wildman–Crippen MR) is 125 cm³/mol. The molecule has 0 unspecified atom stereocenters. The third-order valence-corrected chi connectivity index (χ3v) is 7.84. The summed E-state index contributed by atoms with van der Waals surface area (Å²) in [4.78, 5) is 29.0. The molecule has 0 aliphatic rings. The first-order valence-electron chi connectivity index (χ1n) is 10.2. The van der Waals surface area contributed by atoms with Crippen LogP contribution in [0.3, 0.4) is 0 Å². The van der Waals surface area contributed by atoms with Crippen LogP contribution in [-0.4, -0.2) is 37.7 Å². The van der Waals surface area contributed by atoms with Gasteiger partial charge in [0.15, 0.2) is 14.6 Å². The normalized spacial score (nSPS) is 12.3. The maximum Gasteiger partial charge on any atom is 0.325 e. The molecule has 0 bridgehead atoms. The van der Waals surface area contributed by atoms with E-state index in [1.807, 2.05) is 32.0 Å². The Balaban J connectivity index is 1.77. The van der Waals surface area contributed by atoms with Gasteiger partial charge in [0.1, 0.15) is 6.54 Å². The summed E-state index contributed by atoms with van der Waals surface area (Å²) in [7, 11) is -2.01. The molecule has 0 aliphatic heterocycles. The molecule has 0 spiro atoms. The number of hydrogen-bond donors (Lipinski definition) is 0. The van der Waals surface area contributed by atoms with Gasteiger partial charge in [-0.15, -0.1) is 0 Å². The molecule has 0 aliphatic carbocycles. The van der Waals surface area contributed by atoms with Crippen molar-refractivity contribution in [2.75, 3.05) is 12.9 Å². The Morgan fingerprint density at radius 3 is 2.53 bits per heavy atom. The fourth-order valence-corrected chi connectivity index (χ4v) is 5.98. The Kier molecular flexibility index (Phi) is 7.63. The fraction of sp³-hybridized carbons (Fsp3) is 0.348. The molecule has 1 aromatic heterocycles. The number of sulfone groups is 1. The van der Waals surface area contributed by atoms with Crippen LogP contribution in [0, 0.1) is 13.8 Å². The summed E-state index contributed by atoms with van der Waals surface area (Å²) in [5.41, 5.74) is 3.61. The molecule has 9 heteroatoms. The third-order valence-electron chi connectivity index (χ3n) is 4.93. The number of nitrogens with zero attached hydrogens (tertiary/aromatic N) is 2. The molecule has 3 aromatic rings. The van der Waals surface area contributed by atoms with Gasteiger partial charge >= 0.3 is 5.97 Å². The van der Waals surface area contributed by atoms with Crippen molar-refractivity contribution in [2.45, 2.75) is 39.0 Å². The van der Waals surface area contributed by atoms with Crippen molar-refractivity contribution >= 4 is 43.3 Å². The zero-order chi connectivity index (χ0) is 23.3. The summed E-state index contributed by atoms with van der Waals surface area (Å²) in [6.45, 7) is 3.87. The summed E-state index contributed by atoms with van der Waals surface area (Å²) in [6.07, 6.45) is 0.204. The van der Waals surface area contributed by atoms with Gasteiger partial charge in [-0.25, -0.2) is 8.42 Å². The number of ether oxygens (including phenoxy) is 1. The van der Waals surface area contributed by atoms with Crippen LogP contribution in [0.1, 0.15) is 29.5 Å². The number of esters is 1. The Labute approximate surface area is 191 Å². The number of carbonyl (C=O) groups is 2. The van der Waals surface area contributed by atoms with E-state index in [1.165, 1.54) is 18.4 Å². The fourth-order valence-electron chi connectivity index (χ4n) is 3.45. The van der Waals surface area contributed by atoms with Gasteiger partial charge in [0.05, 0.1) is 28.8 Å². The van der Waals surface area contributed by atoms with E-state index in [9.17, 15) is 18.0 Å². The zero-order valence-corrected chi connectivity index (χ0v) is 20.0. The van der Waals surface area contributed by atoms with Gasteiger partial charge in [0, 0.05) is 6.42 Å². The molecule has 0 atom stereocenters. The maximum atomic E-state index is 12.5. The minimum Gasteiger partial charge on any atom is -0.468 e. The first kappa shape index (κ1) is 23.9. The highest BCUT2D eigenvalue weighted by molar-refractivity contribution is 7.90. The van der Waals surface area contributed by atoms with Crippen molar-refractivity contribution < 1.29 is 22.7 Å². The van der Waals surface area contributed by atoms with Crippen LogP contribution >= 0.6 is 11.3 Å². The van der Waals surface area contributed by atoms with Gasteiger partial charge in [-0.3, -0.25) is 9.59 Å². The van der Waals surface area contributed by atoms with E-state index < -0.39 is 21.7 Å². The quantitative estimate of drug-likeness (QED) is 0.467. The smallest absolute Gasteiger partial charge is 0.325 e. The number of amides is 1.